The number of hydrogen-bond acceptors (Lipinski definition) is 4. The first-order chi connectivity index (χ1) is 9.47. The van der Waals surface area contributed by atoms with Crippen LogP contribution >= 0.6 is 0 Å². The van der Waals surface area contributed by atoms with Gasteiger partial charge >= 0.3 is 5.69 Å². The SMILES string of the molecule is Cc1ccc(C(=O)Nc2ccc(O)c([N+](=O)[O-])c2)cc1. The Hall–Kier alpha value is -2.89. The Kier molecular flexibility index (Phi) is 3.65. The number of carbonyl (C=O) groups is 1. The Morgan fingerprint density at radius 1 is 1.20 bits per heavy atom. The topological polar surface area (TPSA) is 92.5 Å². The number of nitrogens with zero attached hydrogens (tertiary/aromatic N) is 1. The molecular weight excluding hydrogens is 260 g/mol. The van der Waals surface area contributed by atoms with Crippen molar-refractivity contribution in [3.8, 4) is 5.75 Å². The number of benzene rings is 2. The molecule has 0 saturated heterocycles. The van der Waals surface area contributed by atoms with E-state index in [1.807, 2.05) is 6.92 Å². The predicted molar refractivity (Wildman–Crippen MR) is 73.9 cm³/mol. The number of carbonyl (C=O) groups excluding carboxylic acids is 1. The molecule has 2 rings (SSSR count). The van der Waals surface area contributed by atoms with E-state index in [9.17, 15) is 20.0 Å². The molecule has 0 aliphatic heterocycles. The molecule has 0 aromatic heterocycles. The fraction of sp³-hybridized carbons (Fsp3) is 0.0714. The Morgan fingerprint density at radius 3 is 2.45 bits per heavy atom. The monoisotopic (exact) mass is 272 g/mol. The first-order valence-electron chi connectivity index (χ1n) is 5.83. The maximum absolute atomic E-state index is 11.9. The Bertz CT molecular complexity index is 665. The second-order valence-corrected chi connectivity index (χ2v) is 4.28. The van der Waals surface area contributed by atoms with Crippen LogP contribution in [0.3, 0.4) is 0 Å². The summed E-state index contributed by atoms with van der Waals surface area (Å²) >= 11 is 0. The van der Waals surface area contributed by atoms with Crippen molar-refractivity contribution in [2.24, 2.45) is 0 Å². The van der Waals surface area contributed by atoms with Gasteiger partial charge in [-0.2, -0.15) is 0 Å². The number of nitrogens with one attached hydrogen (secondary N) is 1. The van der Waals surface area contributed by atoms with Crippen LogP contribution in [0.5, 0.6) is 5.75 Å². The van der Waals surface area contributed by atoms with Crippen LogP contribution in [0.1, 0.15) is 15.9 Å². The van der Waals surface area contributed by atoms with Crippen molar-refractivity contribution >= 4 is 17.3 Å². The molecule has 0 aliphatic rings. The van der Waals surface area contributed by atoms with Crippen molar-refractivity contribution in [3.05, 3.63) is 63.7 Å². The van der Waals surface area contributed by atoms with Crippen molar-refractivity contribution in [2.45, 2.75) is 6.92 Å². The maximum Gasteiger partial charge on any atom is 0.312 e. The smallest absolute Gasteiger partial charge is 0.312 e. The summed E-state index contributed by atoms with van der Waals surface area (Å²) in [5, 5.41) is 22.6. The van der Waals surface area contributed by atoms with E-state index < -0.39 is 16.4 Å². The van der Waals surface area contributed by atoms with E-state index in [1.54, 1.807) is 24.3 Å². The minimum absolute atomic E-state index is 0.250. The molecule has 6 heteroatoms. The van der Waals surface area contributed by atoms with Gasteiger partial charge in [0.2, 0.25) is 0 Å². The van der Waals surface area contributed by atoms with Gasteiger partial charge in [0.05, 0.1) is 4.92 Å². The van der Waals surface area contributed by atoms with Crippen LogP contribution in [0.4, 0.5) is 11.4 Å². The Morgan fingerprint density at radius 2 is 1.85 bits per heavy atom. The minimum Gasteiger partial charge on any atom is -0.502 e. The number of aryl methyl sites for hydroxylation is 1. The van der Waals surface area contributed by atoms with E-state index in [0.717, 1.165) is 11.6 Å². The standard InChI is InChI=1S/C14H12N2O4/c1-9-2-4-10(5-3-9)14(18)15-11-6-7-13(17)12(8-11)16(19)20/h2-8,17H,1H3,(H,15,18). The summed E-state index contributed by atoms with van der Waals surface area (Å²) < 4.78 is 0. The quantitative estimate of drug-likeness (QED) is 0.510. The van der Waals surface area contributed by atoms with E-state index in [1.165, 1.54) is 12.1 Å². The molecule has 2 aromatic rings. The Balaban J connectivity index is 2.21. The van der Waals surface area contributed by atoms with Crippen molar-refractivity contribution in [3.63, 3.8) is 0 Å². The van der Waals surface area contributed by atoms with E-state index in [4.69, 9.17) is 0 Å². The van der Waals surface area contributed by atoms with Crippen LogP contribution in [0.25, 0.3) is 0 Å². The van der Waals surface area contributed by atoms with E-state index in [2.05, 4.69) is 5.32 Å². The molecule has 0 saturated carbocycles. The van der Waals surface area contributed by atoms with Crippen LogP contribution in [-0.4, -0.2) is 15.9 Å². The zero-order chi connectivity index (χ0) is 14.7. The highest BCUT2D eigenvalue weighted by Crippen LogP contribution is 2.28. The highest BCUT2D eigenvalue weighted by Gasteiger charge is 2.15. The minimum atomic E-state index is -0.711. The summed E-state index contributed by atoms with van der Waals surface area (Å²) in [6.45, 7) is 1.91. The highest BCUT2D eigenvalue weighted by atomic mass is 16.6. The van der Waals surface area contributed by atoms with Crippen LogP contribution in [0.15, 0.2) is 42.5 Å². The van der Waals surface area contributed by atoms with Gasteiger partial charge in [0.1, 0.15) is 0 Å². The molecule has 0 fully saturated rings. The lowest BCUT2D eigenvalue weighted by Crippen LogP contribution is -2.11. The third-order valence-corrected chi connectivity index (χ3v) is 2.74. The summed E-state index contributed by atoms with van der Waals surface area (Å²) in [7, 11) is 0. The zero-order valence-electron chi connectivity index (χ0n) is 10.7. The van der Waals surface area contributed by atoms with E-state index in [0.29, 0.717) is 5.56 Å². The van der Waals surface area contributed by atoms with Gasteiger partial charge in [0, 0.05) is 17.3 Å². The first kappa shape index (κ1) is 13.5. The second-order valence-electron chi connectivity index (χ2n) is 4.28. The molecule has 0 atom stereocenters. The van der Waals surface area contributed by atoms with Crippen LogP contribution in [0, 0.1) is 17.0 Å². The lowest BCUT2D eigenvalue weighted by atomic mass is 10.1. The molecule has 0 heterocycles. The zero-order valence-corrected chi connectivity index (χ0v) is 10.7. The molecule has 2 aromatic carbocycles. The predicted octanol–water partition coefficient (Wildman–Crippen LogP) is 2.86. The summed E-state index contributed by atoms with van der Waals surface area (Å²) in [6.07, 6.45) is 0. The highest BCUT2D eigenvalue weighted by molar-refractivity contribution is 6.04. The third kappa shape index (κ3) is 2.92. The number of hydrogen-bond donors (Lipinski definition) is 2. The van der Waals surface area contributed by atoms with Crippen molar-refractivity contribution in [2.75, 3.05) is 5.32 Å². The van der Waals surface area contributed by atoms with E-state index >= 15 is 0 Å². The largest absolute Gasteiger partial charge is 0.502 e. The van der Waals surface area contributed by atoms with Gasteiger partial charge in [-0.15, -0.1) is 0 Å². The number of aromatic hydroxyl groups is 1. The Labute approximate surface area is 114 Å². The van der Waals surface area contributed by atoms with Gasteiger partial charge in [0.15, 0.2) is 5.75 Å². The van der Waals surface area contributed by atoms with Crippen LogP contribution in [0.2, 0.25) is 0 Å². The summed E-state index contributed by atoms with van der Waals surface area (Å²) in [5.74, 6) is -0.812. The number of nitro benzene ring substituents is 1. The summed E-state index contributed by atoms with van der Waals surface area (Å²) in [6, 6.07) is 10.6. The molecule has 1 amide bonds. The molecule has 20 heavy (non-hydrogen) atoms. The molecule has 102 valence electrons. The van der Waals surface area contributed by atoms with Gasteiger partial charge in [-0.25, -0.2) is 0 Å². The second kappa shape index (κ2) is 5.40. The van der Waals surface area contributed by atoms with Crippen molar-refractivity contribution in [1.82, 2.24) is 0 Å². The number of anilines is 1. The number of nitro groups is 1. The van der Waals surface area contributed by atoms with Crippen LogP contribution in [-0.2, 0) is 0 Å². The number of phenols is 1. The molecular formula is C14H12N2O4. The van der Waals surface area contributed by atoms with Crippen LogP contribution < -0.4 is 5.32 Å². The molecule has 0 bridgehead atoms. The lowest BCUT2D eigenvalue weighted by molar-refractivity contribution is -0.385. The number of amides is 1. The molecule has 0 radical (unpaired) electrons. The third-order valence-electron chi connectivity index (χ3n) is 2.74. The van der Waals surface area contributed by atoms with Gasteiger partial charge in [-0.05, 0) is 31.2 Å². The molecule has 2 N–H and O–H groups in total. The molecule has 0 spiro atoms. The fourth-order valence-corrected chi connectivity index (χ4v) is 1.66. The van der Waals surface area contributed by atoms with Gasteiger partial charge in [-0.3, -0.25) is 14.9 Å². The normalized spacial score (nSPS) is 10.1. The summed E-state index contributed by atoms with van der Waals surface area (Å²) in [4.78, 5) is 21.9. The number of phenolic OH excluding ortho intramolecular Hbond substituents is 1. The van der Waals surface area contributed by atoms with E-state index in [-0.39, 0.29) is 11.6 Å². The average Bonchev–Trinajstić information content (AvgIpc) is 2.41. The van der Waals surface area contributed by atoms with Gasteiger partial charge < -0.3 is 10.4 Å². The first-order valence-corrected chi connectivity index (χ1v) is 5.83. The van der Waals surface area contributed by atoms with Gasteiger partial charge in [-0.1, -0.05) is 17.7 Å². The molecule has 6 nitrogen and oxygen atoms in total. The molecule has 0 unspecified atom stereocenters. The van der Waals surface area contributed by atoms with Crippen molar-refractivity contribution in [1.29, 1.82) is 0 Å². The van der Waals surface area contributed by atoms with Gasteiger partial charge in [0.25, 0.3) is 5.91 Å². The molecule has 0 aliphatic carbocycles. The van der Waals surface area contributed by atoms with Crippen molar-refractivity contribution < 1.29 is 14.8 Å². The maximum atomic E-state index is 11.9. The summed E-state index contributed by atoms with van der Waals surface area (Å²) in [5.41, 5.74) is 1.28. The number of rotatable bonds is 3. The lowest BCUT2D eigenvalue weighted by Gasteiger charge is -2.06. The fourth-order valence-electron chi connectivity index (χ4n) is 1.66. The average molecular weight is 272 g/mol.